The van der Waals surface area contributed by atoms with Crippen LogP contribution in [0.1, 0.15) is 10.4 Å². The highest BCUT2D eigenvalue weighted by molar-refractivity contribution is 5.95. The summed E-state index contributed by atoms with van der Waals surface area (Å²) in [6.45, 7) is 1.27. The Labute approximate surface area is 87.8 Å². The molecule has 1 aliphatic heterocycles. The van der Waals surface area contributed by atoms with Crippen molar-refractivity contribution < 1.29 is 10.0 Å². The third kappa shape index (κ3) is 1.98. The largest absolute Gasteiger partial charge is 0.411 e. The van der Waals surface area contributed by atoms with E-state index in [2.05, 4.69) is 5.16 Å². The predicted octanol–water partition coefficient (Wildman–Crippen LogP) is 1.22. The van der Waals surface area contributed by atoms with Gasteiger partial charge < -0.3 is 10.1 Å². The zero-order valence-electron chi connectivity index (χ0n) is 8.21. The summed E-state index contributed by atoms with van der Waals surface area (Å²) in [7, 11) is 0. The lowest BCUT2D eigenvalue weighted by molar-refractivity contribution is 0.0592. The van der Waals surface area contributed by atoms with Crippen molar-refractivity contribution in [1.29, 1.82) is 0 Å². The van der Waals surface area contributed by atoms with E-state index in [4.69, 9.17) is 5.21 Å². The summed E-state index contributed by atoms with van der Waals surface area (Å²) in [6, 6.07) is 9.18. The van der Waals surface area contributed by atoms with Crippen LogP contribution in [0.5, 0.6) is 0 Å². The molecular formula is C11H12N2O2. The van der Waals surface area contributed by atoms with Gasteiger partial charge in [0.15, 0.2) is 0 Å². The van der Waals surface area contributed by atoms with Gasteiger partial charge >= 0.3 is 0 Å². The number of amides is 1. The monoisotopic (exact) mass is 204 g/mol. The number of likely N-dealkylation sites (tertiary alicyclic amines) is 1. The van der Waals surface area contributed by atoms with Crippen LogP contribution in [0.25, 0.3) is 0 Å². The first-order valence-electron chi connectivity index (χ1n) is 4.83. The molecule has 1 aromatic rings. The highest BCUT2D eigenvalue weighted by Crippen LogP contribution is 2.16. The summed E-state index contributed by atoms with van der Waals surface area (Å²) >= 11 is 0. The molecule has 1 saturated heterocycles. The lowest BCUT2D eigenvalue weighted by Crippen LogP contribution is -2.50. The van der Waals surface area contributed by atoms with E-state index >= 15 is 0 Å². The van der Waals surface area contributed by atoms with E-state index in [1.807, 2.05) is 18.2 Å². The van der Waals surface area contributed by atoms with Crippen molar-refractivity contribution in [3.8, 4) is 0 Å². The second kappa shape index (κ2) is 4.13. The summed E-state index contributed by atoms with van der Waals surface area (Å²) in [5.74, 6) is 0.237. The molecule has 0 saturated carbocycles. The van der Waals surface area contributed by atoms with Crippen molar-refractivity contribution in [3.63, 3.8) is 0 Å². The zero-order valence-corrected chi connectivity index (χ0v) is 8.21. The van der Waals surface area contributed by atoms with E-state index in [1.54, 1.807) is 17.0 Å². The van der Waals surface area contributed by atoms with Crippen LogP contribution < -0.4 is 0 Å². The van der Waals surface area contributed by atoms with Gasteiger partial charge in [0, 0.05) is 24.6 Å². The lowest BCUT2D eigenvalue weighted by atomic mass is 10.0. The minimum atomic E-state index is 0.0400. The van der Waals surface area contributed by atoms with E-state index in [0.717, 1.165) is 0 Å². The van der Waals surface area contributed by atoms with Crippen LogP contribution in [0, 0.1) is 5.92 Å². The second-order valence-corrected chi connectivity index (χ2v) is 3.60. The Morgan fingerprint density at radius 3 is 2.67 bits per heavy atom. The van der Waals surface area contributed by atoms with Crippen LogP contribution in [-0.2, 0) is 0 Å². The van der Waals surface area contributed by atoms with Gasteiger partial charge in [-0.15, -0.1) is 5.16 Å². The van der Waals surface area contributed by atoms with Gasteiger partial charge in [-0.2, -0.15) is 0 Å². The summed E-state index contributed by atoms with van der Waals surface area (Å²) in [6.07, 6.45) is 1.47. The molecule has 0 unspecified atom stereocenters. The minimum absolute atomic E-state index is 0.0400. The Bertz CT molecular complexity index is 369. The van der Waals surface area contributed by atoms with E-state index < -0.39 is 0 Å². The molecule has 1 aliphatic rings. The van der Waals surface area contributed by atoms with E-state index in [0.29, 0.717) is 18.7 Å². The molecule has 4 nitrogen and oxygen atoms in total. The van der Waals surface area contributed by atoms with Crippen LogP contribution in [0.15, 0.2) is 35.5 Å². The number of carbonyl (C=O) groups excluding carboxylic acids is 1. The molecule has 0 radical (unpaired) electrons. The topological polar surface area (TPSA) is 52.9 Å². The Hall–Kier alpha value is -1.84. The van der Waals surface area contributed by atoms with Crippen molar-refractivity contribution in [2.24, 2.45) is 11.1 Å². The predicted molar refractivity (Wildman–Crippen MR) is 56.1 cm³/mol. The molecule has 0 aliphatic carbocycles. The molecule has 0 aromatic heterocycles. The van der Waals surface area contributed by atoms with Crippen molar-refractivity contribution in [2.45, 2.75) is 0 Å². The third-order valence-corrected chi connectivity index (χ3v) is 2.50. The van der Waals surface area contributed by atoms with Crippen LogP contribution >= 0.6 is 0 Å². The molecule has 15 heavy (non-hydrogen) atoms. The fourth-order valence-corrected chi connectivity index (χ4v) is 1.63. The molecule has 1 fully saturated rings. The second-order valence-electron chi connectivity index (χ2n) is 3.60. The zero-order chi connectivity index (χ0) is 10.7. The molecular weight excluding hydrogens is 192 g/mol. The molecule has 0 atom stereocenters. The fraction of sp³-hybridized carbons (Fsp3) is 0.273. The number of rotatable bonds is 2. The number of nitrogens with zero attached hydrogens (tertiary/aromatic N) is 2. The number of benzene rings is 1. The quantitative estimate of drug-likeness (QED) is 0.447. The van der Waals surface area contributed by atoms with Crippen LogP contribution in [-0.4, -0.2) is 35.3 Å². The maximum absolute atomic E-state index is 11.8. The molecule has 1 N–H and O–H groups in total. The highest BCUT2D eigenvalue weighted by Gasteiger charge is 2.29. The Balaban J connectivity index is 1.95. The van der Waals surface area contributed by atoms with E-state index in [9.17, 15) is 4.79 Å². The van der Waals surface area contributed by atoms with Gasteiger partial charge in [-0.1, -0.05) is 18.2 Å². The number of oxime groups is 1. The Kier molecular flexibility index (Phi) is 2.67. The average Bonchev–Trinajstić information content (AvgIpc) is 2.23. The Morgan fingerprint density at radius 2 is 2.07 bits per heavy atom. The summed E-state index contributed by atoms with van der Waals surface area (Å²) in [5, 5.41) is 11.3. The smallest absolute Gasteiger partial charge is 0.253 e. The number of hydrogen-bond acceptors (Lipinski definition) is 3. The number of hydrogen-bond donors (Lipinski definition) is 1. The maximum atomic E-state index is 11.8. The van der Waals surface area contributed by atoms with Crippen molar-refractivity contribution in [1.82, 2.24) is 4.90 Å². The lowest BCUT2D eigenvalue weighted by Gasteiger charge is -2.36. The standard InChI is InChI=1S/C11H12N2O2/c14-11(10-4-2-1-3-5-10)13-7-9(8-13)6-12-15/h1-6,9,15H,7-8H2. The average molecular weight is 204 g/mol. The molecule has 4 heteroatoms. The first kappa shape index (κ1) is 9.71. The molecule has 78 valence electrons. The SMILES string of the molecule is O=C(c1ccccc1)N1CC(C=NO)C1. The molecule has 0 bridgehead atoms. The molecule has 2 rings (SSSR count). The maximum Gasteiger partial charge on any atom is 0.253 e. The fourth-order valence-electron chi connectivity index (χ4n) is 1.63. The van der Waals surface area contributed by atoms with Gasteiger partial charge in [0.1, 0.15) is 0 Å². The first-order valence-corrected chi connectivity index (χ1v) is 4.83. The molecule has 1 heterocycles. The number of carbonyl (C=O) groups is 1. The van der Waals surface area contributed by atoms with Gasteiger partial charge in [-0.3, -0.25) is 4.79 Å². The van der Waals surface area contributed by atoms with Crippen molar-refractivity contribution >= 4 is 12.1 Å². The van der Waals surface area contributed by atoms with E-state index in [1.165, 1.54) is 6.21 Å². The van der Waals surface area contributed by atoms with Crippen LogP contribution in [0.3, 0.4) is 0 Å². The molecule has 0 spiro atoms. The highest BCUT2D eigenvalue weighted by atomic mass is 16.4. The summed E-state index contributed by atoms with van der Waals surface area (Å²) in [5.41, 5.74) is 0.705. The van der Waals surface area contributed by atoms with Crippen molar-refractivity contribution in [3.05, 3.63) is 35.9 Å². The third-order valence-electron chi connectivity index (χ3n) is 2.50. The van der Waals surface area contributed by atoms with Gasteiger partial charge in [0.2, 0.25) is 0 Å². The normalized spacial score (nSPS) is 16.7. The van der Waals surface area contributed by atoms with Gasteiger partial charge in [-0.25, -0.2) is 0 Å². The van der Waals surface area contributed by atoms with Crippen LogP contribution in [0.4, 0.5) is 0 Å². The molecule has 1 aromatic carbocycles. The summed E-state index contributed by atoms with van der Waals surface area (Å²) in [4.78, 5) is 13.5. The summed E-state index contributed by atoms with van der Waals surface area (Å²) < 4.78 is 0. The minimum Gasteiger partial charge on any atom is -0.411 e. The Morgan fingerprint density at radius 1 is 1.40 bits per heavy atom. The van der Waals surface area contributed by atoms with Gasteiger partial charge in [0.25, 0.3) is 5.91 Å². The van der Waals surface area contributed by atoms with Gasteiger partial charge in [-0.05, 0) is 12.1 Å². The first-order chi connectivity index (χ1) is 7.31. The van der Waals surface area contributed by atoms with Gasteiger partial charge in [0.05, 0.1) is 6.21 Å². The van der Waals surface area contributed by atoms with E-state index in [-0.39, 0.29) is 11.8 Å². The van der Waals surface area contributed by atoms with Crippen molar-refractivity contribution in [2.75, 3.05) is 13.1 Å². The van der Waals surface area contributed by atoms with Crippen LogP contribution in [0.2, 0.25) is 0 Å². The molecule has 1 amide bonds.